The summed E-state index contributed by atoms with van der Waals surface area (Å²) in [4.78, 5) is 17.2. The largest absolute Gasteiger partial charge is 0.379 e. The van der Waals surface area contributed by atoms with Crippen molar-refractivity contribution in [2.24, 2.45) is 5.92 Å². The number of hydrogen-bond donors (Lipinski definition) is 1. The Kier molecular flexibility index (Phi) is 5.81. The summed E-state index contributed by atoms with van der Waals surface area (Å²) in [7, 11) is 1.93. The van der Waals surface area contributed by atoms with E-state index in [1.54, 1.807) is 18.2 Å². The second-order valence-corrected chi connectivity index (χ2v) is 6.57. The summed E-state index contributed by atoms with van der Waals surface area (Å²) >= 11 is 0. The zero-order valence-corrected chi connectivity index (χ0v) is 14.2. The quantitative estimate of drug-likeness (QED) is 0.880. The molecule has 2 fully saturated rings. The summed E-state index contributed by atoms with van der Waals surface area (Å²) in [5.41, 5.74) is 0.474. The molecular formula is C18H26FN3O2. The first-order valence-corrected chi connectivity index (χ1v) is 8.70. The predicted octanol–water partition coefficient (Wildman–Crippen LogP) is 1.27. The molecular weight excluding hydrogens is 309 g/mol. The van der Waals surface area contributed by atoms with E-state index in [9.17, 15) is 9.18 Å². The number of halogens is 1. The molecule has 0 aliphatic carbocycles. The van der Waals surface area contributed by atoms with Gasteiger partial charge in [0.2, 0.25) is 5.91 Å². The van der Waals surface area contributed by atoms with Crippen molar-refractivity contribution in [3.63, 3.8) is 0 Å². The first-order valence-electron chi connectivity index (χ1n) is 8.70. The highest BCUT2D eigenvalue weighted by Gasteiger charge is 2.36. The Morgan fingerprint density at radius 1 is 1.33 bits per heavy atom. The van der Waals surface area contributed by atoms with Gasteiger partial charge in [-0.15, -0.1) is 0 Å². The van der Waals surface area contributed by atoms with Gasteiger partial charge in [0, 0.05) is 31.7 Å². The van der Waals surface area contributed by atoms with Crippen LogP contribution in [0.2, 0.25) is 0 Å². The van der Waals surface area contributed by atoms with Gasteiger partial charge >= 0.3 is 0 Å². The summed E-state index contributed by atoms with van der Waals surface area (Å²) in [6.45, 7) is 4.87. The van der Waals surface area contributed by atoms with Crippen LogP contribution in [0, 0.1) is 11.7 Å². The molecule has 0 unspecified atom stereocenters. The number of amides is 1. The van der Waals surface area contributed by atoms with E-state index >= 15 is 0 Å². The average molecular weight is 335 g/mol. The van der Waals surface area contributed by atoms with E-state index in [2.05, 4.69) is 10.2 Å². The zero-order valence-electron chi connectivity index (χ0n) is 14.2. The van der Waals surface area contributed by atoms with Crippen molar-refractivity contribution in [1.82, 2.24) is 15.1 Å². The number of likely N-dealkylation sites (tertiary alicyclic amines) is 1. The van der Waals surface area contributed by atoms with E-state index in [4.69, 9.17) is 4.74 Å². The molecule has 0 spiro atoms. The Labute approximate surface area is 142 Å². The molecule has 24 heavy (non-hydrogen) atoms. The summed E-state index contributed by atoms with van der Waals surface area (Å²) in [5.74, 6) is 0.179. The molecule has 2 atom stereocenters. The topological polar surface area (TPSA) is 44.8 Å². The summed E-state index contributed by atoms with van der Waals surface area (Å²) < 4.78 is 19.8. The third-order valence-corrected chi connectivity index (χ3v) is 4.93. The van der Waals surface area contributed by atoms with Crippen LogP contribution in [0.5, 0.6) is 0 Å². The van der Waals surface area contributed by atoms with Crippen molar-refractivity contribution in [2.75, 3.05) is 53.0 Å². The smallest absolute Gasteiger partial charge is 0.244 e. The summed E-state index contributed by atoms with van der Waals surface area (Å²) in [5, 5.41) is 3.18. The first kappa shape index (κ1) is 17.3. The van der Waals surface area contributed by atoms with Crippen LogP contribution >= 0.6 is 0 Å². The van der Waals surface area contributed by atoms with Crippen LogP contribution in [-0.4, -0.2) is 68.7 Å². The second kappa shape index (κ2) is 8.05. The number of ether oxygens (including phenoxy) is 1. The van der Waals surface area contributed by atoms with Crippen LogP contribution in [0.25, 0.3) is 0 Å². The molecule has 0 aromatic heterocycles. The van der Waals surface area contributed by atoms with Gasteiger partial charge < -0.3 is 15.0 Å². The minimum Gasteiger partial charge on any atom is -0.379 e. The number of benzene rings is 1. The van der Waals surface area contributed by atoms with E-state index < -0.39 is 6.04 Å². The number of rotatable bonds is 5. The van der Waals surface area contributed by atoms with Gasteiger partial charge in [-0.1, -0.05) is 18.2 Å². The molecule has 2 aliphatic rings. The number of nitrogens with one attached hydrogen (secondary N) is 1. The van der Waals surface area contributed by atoms with Gasteiger partial charge in [-0.05, 0) is 32.0 Å². The van der Waals surface area contributed by atoms with Gasteiger partial charge in [0.25, 0.3) is 0 Å². The SMILES string of the molecule is CNC[C@H]1CCN(C(=O)[C@H](c2ccccc2F)N2CCOCC2)C1. The molecule has 1 amide bonds. The Balaban J connectivity index is 1.82. The van der Waals surface area contributed by atoms with Crippen molar-refractivity contribution in [3.8, 4) is 0 Å². The lowest BCUT2D eigenvalue weighted by atomic mass is 10.0. The summed E-state index contributed by atoms with van der Waals surface area (Å²) in [6.07, 6.45) is 1.000. The lowest BCUT2D eigenvalue weighted by molar-refractivity contribution is -0.138. The third-order valence-electron chi connectivity index (χ3n) is 4.93. The fraction of sp³-hybridized carbons (Fsp3) is 0.611. The number of hydrogen-bond acceptors (Lipinski definition) is 4. The van der Waals surface area contributed by atoms with Crippen LogP contribution in [0.4, 0.5) is 4.39 Å². The predicted molar refractivity (Wildman–Crippen MR) is 90.1 cm³/mol. The van der Waals surface area contributed by atoms with Crippen molar-refractivity contribution in [3.05, 3.63) is 35.6 Å². The standard InChI is InChI=1S/C18H26FN3O2/c1-20-12-14-6-7-22(13-14)18(23)17(21-8-10-24-11-9-21)15-4-2-3-5-16(15)19/h2-5,14,17,20H,6-13H2,1H3/t14-,17+/m1/s1. The van der Waals surface area contributed by atoms with Gasteiger partial charge in [-0.25, -0.2) is 4.39 Å². The number of morpholine rings is 1. The van der Waals surface area contributed by atoms with Gasteiger partial charge in [0.15, 0.2) is 0 Å². The lowest BCUT2D eigenvalue weighted by Crippen LogP contribution is -2.47. The highest BCUT2D eigenvalue weighted by Crippen LogP contribution is 2.29. The number of carbonyl (C=O) groups is 1. The molecule has 6 heteroatoms. The van der Waals surface area contributed by atoms with Gasteiger partial charge in [-0.3, -0.25) is 9.69 Å². The van der Waals surface area contributed by atoms with E-state index in [0.29, 0.717) is 37.8 Å². The Morgan fingerprint density at radius 3 is 2.79 bits per heavy atom. The minimum atomic E-state index is -0.552. The number of carbonyl (C=O) groups excluding carboxylic acids is 1. The normalized spacial score (nSPS) is 23.4. The second-order valence-electron chi connectivity index (χ2n) is 6.57. The first-order chi connectivity index (χ1) is 11.7. The Bertz CT molecular complexity index is 563. The van der Waals surface area contributed by atoms with Gasteiger partial charge in [0.05, 0.1) is 13.2 Å². The molecule has 1 aromatic rings. The van der Waals surface area contributed by atoms with Crippen molar-refractivity contribution < 1.29 is 13.9 Å². The summed E-state index contributed by atoms with van der Waals surface area (Å²) in [6, 6.07) is 6.08. The molecule has 132 valence electrons. The van der Waals surface area contributed by atoms with Crippen LogP contribution in [0.3, 0.4) is 0 Å². The molecule has 2 saturated heterocycles. The Hall–Kier alpha value is -1.50. The van der Waals surface area contributed by atoms with Crippen molar-refractivity contribution in [2.45, 2.75) is 12.5 Å². The molecule has 0 saturated carbocycles. The molecule has 0 bridgehead atoms. The fourth-order valence-corrected chi connectivity index (χ4v) is 3.68. The monoisotopic (exact) mass is 335 g/mol. The van der Waals surface area contributed by atoms with E-state index in [-0.39, 0.29) is 11.7 Å². The third kappa shape index (κ3) is 3.77. The molecule has 5 nitrogen and oxygen atoms in total. The van der Waals surface area contributed by atoms with Crippen molar-refractivity contribution in [1.29, 1.82) is 0 Å². The molecule has 1 aromatic carbocycles. The molecule has 2 aliphatic heterocycles. The maximum absolute atomic E-state index is 14.4. The molecule has 2 heterocycles. The molecule has 0 radical (unpaired) electrons. The molecule has 3 rings (SSSR count). The zero-order chi connectivity index (χ0) is 16.9. The highest BCUT2D eigenvalue weighted by atomic mass is 19.1. The van der Waals surface area contributed by atoms with Crippen LogP contribution in [0.15, 0.2) is 24.3 Å². The maximum atomic E-state index is 14.4. The Morgan fingerprint density at radius 2 is 2.08 bits per heavy atom. The fourth-order valence-electron chi connectivity index (χ4n) is 3.68. The highest BCUT2D eigenvalue weighted by molar-refractivity contribution is 5.83. The van der Waals surface area contributed by atoms with Crippen LogP contribution < -0.4 is 5.32 Å². The van der Waals surface area contributed by atoms with E-state index in [0.717, 1.165) is 26.1 Å². The lowest BCUT2D eigenvalue weighted by Gasteiger charge is -2.36. The van der Waals surface area contributed by atoms with Gasteiger partial charge in [-0.2, -0.15) is 0 Å². The van der Waals surface area contributed by atoms with E-state index in [1.165, 1.54) is 6.07 Å². The van der Waals surface area contributed by atoms with E-state index in [1.807, 2.05) is 11.9 Å². The van der Waals surface area contributed by atoms with Crippen molar-refractivity contribution >= 4 is 5.91 Å². The van der Waals surface area contributed by atoms with Crippen LogP contribution in [-0.2, 0) is 9.53 Å². The molecule has 1 N–H and O–H groups in total. The average Bonchev–Trinajstić information content (AvgIpc) is 3.07. The van der Waals surface area contributed by atoms with Gasteiger partial charge in [0.1, 0.15) is 11.9 Å². The maximum Gasteiger partial charge on any atom is 0.244 e. The van der Waals surface area contributed by atoms with Crippen LogP contribution in [0.1, 0.15) is 18.0 Å². The number of nitrogens with zero attached hydrogens (tertiary/aromatic N) is 2. The minimum absolute atomic E-state index is 0.0144.